The molecule has 2 aromatic rings. The summed E-state index contributed by atoms with van der Waals surface area (Å²) in [6.07, 6.45) is 1.63. The lowest BCUT2D eigenvalue weighted by atomic mass is 10.1. The van der Waals surface area contributed by atoms with E-state index in [0.29, 0.717) is 28.1 Å². The van der Waals surface area contributed by atoms with Crippen LogP contribution >= 0.6 is 15.9 Å². The second kappa shape index (κ2) is 8.26. The van der Waals surface area contributed by atoms with Gasteiger partial charge >= 0.3 is 0 Å². The van der Waals surface area contributed by atoms with E-state index in [9.17, 15) is 14.4 Å². The predicted octanol–water partition coefficient (Wildman–Crippen LogP) is 1.86. The summed E-state index contributed by atoms with van der Waals surface area (Å²) in [4.78, 5) is 38.1. The van der Waals surface area contributed by atoms with Gasteiger partial charge in [0.25, 0.3) is 5.91 Å². The van der Waals surface area contributed by atoms with Crippen molar-refractivity contribution in [2.24, 2.45) is 5.92 Å². The minimum absolute atomic E-state index is 0.0937. The lowest BCUT2D eigenvalue weighted by molar-refractivity contribution is -0.129. The lowest BCUT2D eigenvalue weighted by Gasteiger charge is -2.15. The molecule has 0 bridgehead atoms. The first-order valence-electron chi connectivity index (χ1n) is 8.22. The molecule has 27 heavy (non-hydrogen) atoms. The highest BCUT2D eigenvalue weighted by molar-refractivity contribution is 9.10. The van der Waals surface area contributed by atoms with E-state index in [1.54, 1.807) is 35.2 Å². The summed E-state index contributed by atoms with van der Waals surface area (Å²) >= 11 is 3.30. The fourth-order valence-electron chi connectivity index (χ4n) is 2.79. The molecule has 1 unspecified atom stereocenters. The summed E-state index contributed by atoms with van der Waals surface area (Å²) in [6.45, 7) is 0.594. The number of benzene rings is 1. The first kappa shape index (κ1) is 19.0. The number of nitrogens with one attached hydrogen (secondary N) is 2. The first-order valence-corrected chi connectivity index (χ1v) is 9.01. The van der Waals surface area contributed by atoms with E-state index in [-0.39, 0.29) is 18.9 Å². The van der Waals surface area contributed by atoms with Crippen LogP contribution in [0.25, 0.3) is 0 Å². The number of furan rings is 1. The third-order valence-electron chi connectivity index (χ3n) is 4.23. The molecule has 142 valence electrons. The minimum Gasteiger partial charge on any atom is -0.496 e. The third-order valence-corrected chi connectivity index (χ3v) is 4.85. The van der Waals surface area contributed by atoms with Crippen LogP contribution in [0, 0.1) is 5.92 Å². The molecule has 1 atom stereocenters. The molecular formula is C18H18BrN3O5. The van der Waals surface area contributed by atoms with Gasteiger partial charge in [0.05, 0.1) is 30.3 Å². The van der Waals surface area contributed by atoms with E-state index >= 15 is 0 Å². The number of rotatable bonds is 5. The molecule has 1 aliphatic rings. The van der Waals surface area contributed by atoms with Crippen molar-refractivity contribution in [3.05, 3.63) is 52.4 Å². The van der Waals surface area contributed by atoms with E-state index < -0.39 is 17.7 Å². The van der Waals surface area contributed by atoms with Gasteiger partial charge in [-0.25, -0.2) is 0 Å². The standard InChI is InChI=1S/C18H18BrN3O5/c1-26-15-5-4-11(7-14(15)19)17(24)20-21-18(25)12-8-16(23)22(9-12)10-13-3-2-6-27-13/h2-7,12H,8-10H2,1H3,(H,20,24)(H,21,25). The number of likely N-dealkylation sites (tertiary alicyclic amines) is 1. The number of amides is 3. The number of nitrogens with zero attached hydrogens (tertiary/aromatic N) is 1. The Hall–Kier alpha value is -2.81. The zero-order valence-electron chi connectivity index (χ0n) is 14.5. The largest absolute Gasteiger partial charge is 0.496 e. The number of halogens is 1. The normalized spacial score (nSPS) is 16.3. The Morgan fingerprint density at radius 2 is 2.15 bits per heavy atom. The summed E-state index contributed by atoms with van der Waals surface area (Å²) in [5.74, 6) is -0.290. The van der Waals surface area contributed by atoms with Gasteiger partial charge in [0.15, 0.2) is 0 Å². The average molecular weight is 436 g/mol. The molecule has 3 rings (SSSR count). The molecule has 1 aromatic heterocycles. The highest BCUT2D eigenvalue weighted by Gasteiger charge is 2.34. The van der Waals surface area contributed by atoms with Gasteiger partial charge in [-0.2, -0.15) is 0 Å². The van der Waals surface area contributed by atoms with E-state index in [2.05, 4.69) is 26.8 Å². The van der Waals surface area contributed by atoms with Crippen LogP contribution in [0.5, 0.6) is 5.75 Å². The second-order valence-electron chi connectivity index (χ2n) is 6.05. The Bertz CT molecular complexity index is 853. The van der Waals surface area contributed by atoms with E-state index in [1.807, 2.05) is 0 Å². The third kappa shape index (κ3) is 4.48. The monoisotopic (exact) mass is 435 g/mol. The van der Waals surface area contributed by atoms with Crippen LogP contribution in [0.4, 0.5) is 0 Å². The van der Waals surface area contributed by atoms with Gasteiger partial charge in [0.1, 0.15) is 11.5 Å². The molecule has 1 aliphatic heterocycles. The van der Waals surface area contributed by atoms with Crippen molar-refractivity contribution in [3.63, 3.8) is 0 Å². The van der Waals surface area contributed by atoms with Gasteiger partial charge in [-0.05, 0) is 46.3 Å². The molecule has 0 radical (unpaired) electrons. The number of hydrogen-bond acceptors (Lipinski definition) is 5. The van der Waals surface area contributed by atoms with Crippen LogP contribution in [-0.4, -0.2) is 36.3 Å². The number of hydrogen-bond donors (Lipinski definition) is 2. The van der Waals surface area contributed by atoms with Gasteiger partial charge in [0.2, 0.25) is 11.8 Å². The van der Waals surface area contributed by atoms with Crippen LogP contribution in [0.15, 0.2) is 45.5 Å². The van der Waals surface area contributed by atoms with Crippen LogP contribution in [0.3, 0.4) is 0 Å². The van der Waals surface area contributed by atoms with Gasteiger partial charge in [0, 0.05) is 18.5 Å². The minimum atomic E-state index is -0.532. The van der Waals surface area contributed by atoms with Crippen LogP contribution < -0.4 is 15.6 Å². The summed E-state index contributed by atoms with van der Waals surface area (Å²) in [5.41, 5.74) is 5.10. The van der Waals surface area contributed by atoms with Crippen molar-refractivity contribution in [1.29, 1.82) is 0 Å². The van der Waals surface area contributed by atoms with Crippen LogP contribution in [0.2, 0.25) is 0 Å². The van der Waals surface area contributed by atoms with Crippen molar-refractivity contribution < 1.29 is 23.5 Å². The smallest absolute Gasteiger partial charge is 0.269 e. The Labute approximate surface area is 163 Å². The van der Waals surface area contributed by atoms with Gasteiger partial charge in [-0.15, -0.1) is 0 Å². The molecule has 1 saturated heterocycles. The van der Waals surface area contributed by atoms with Gasteiger partial charge in [-0.3, -0.25) is 25.2 Å². The Kier molecular flexibility index (Phi) is 5.80. The molecule has 2 N–H and O–H groups in total. The lowest BCUT2D eigenvalue weighted by Crippen LogP contribution is -2.45. The van der Waals surface area contributed by atoms with Crippen LogP contribution in [0.1, 0.15) is 22.5 Å². The zero-order valence-corrected chi connectivity index (χ0v) is 16.1. The summed E-state index contributed by atoms with van der Waals surface area (Å²) in [7, 11) is 1.53. The maximum atomic E-state index is 12.3. The quantitative estimate of drug-likeness (QED) is 0.697. The molecule has 0 spiro atoms. The molecule has 2 heterocycles. The van der Waals surface area contributed by atoms with Gasteiger partial charge in [-0.1, -0.05) is 0 Å². The molecule has 8 nitrogen and oxygen atoms in total. The van der Waals surface area contributed by atoms with Crippen molar-refractivity contribution in [3.8, 4) is 5.75 Å². The number of hydrazine groups is 1. The Morgan fingerprint density at radius 3 is 2.81 bits per heavy atom. The second-order valence-corrected chi connectivity index (χ2v) is 6.90. The summed E-state index contributed by atoms with van der Waals surface area (Å²) < 4.78 is 11.0. The van der Waals surface area contributed by atoms with Crippen LogP contribution in [-0.2, 0) is 16.1 Å². The fraction of sp³-hybridized carbons (Fsp3) is 0.278. The molecule has 0 aliphatic carbocycles. The van der Waals surface area contributed by atoms with E-state index in [1.165, 1.54) is 13.4 Å². The van der Waals surface area contributed by atoms with Crippen molar-refractivity contribution >= 4 is 33.7 Å². The Balaban J connectivity index is 1.52. The maximum absolute atomic E-state index is 12.3. The molecule has 1 aromatic carbocycles. The van der Waals surface area contributed by atoms with Crippen molar-refractivity contribution in [2.45, 2.75) is 13.0 Å². The SMILES string of the molecule is COc1ccc(C(=O)NNC(=O)C2CC(=O)N(Cc3ccco3)C2)cc1Br. The molecular weight excluding hydrogens is 418 g/mol. The molecule has 3 amide bonds. The van der Waals surface area contributed by atoms with E-state index in [4.69, 9.17) is 9.15 Å². The summed E-state index contributed by atoms with van der Waals surface area (Å²) in [6, 6.07) is 8.32. The highest BCUT2D eigenvalue weighted by atomic mass is 79.9. The predicted molar refractivity (Wildman–Crippen MR) is 98.5 cm³/mol. The van der Waals surface area contributed by atoms with Crippen molar-refractivity contribution in [1.82, 2.24) is 15.8 Å². The number of ether oxygens (including phenoxy) is 1. The Morgan fingerprint density at radius 1 is 1.33 bits per heavy atom. The number of methoxy groups -OCH3 is 1. The van der Waals surface area contributed by atoms with E-state index in [0.717, 1.165) is 0 Å². The van der Waals surface area contributed by atoms with Gasteiger partial charge < -0.3 is 14.1 Å². The summed E-state index contributed by atoms with van der Waals surface area (Å²) in [5, 5.41) is 0. The molecule has 0 saturated carbocycles. The first-order chi connectivity index (χ1) is 13.0. The van der Waals surface area contributed by atoms with Crippen molar-refractivity contribution in [2.75, 3.05) is 13.7 Å². The number of carbonyl (C=O) groups excluding carboxylic acids is 3. The number of carbonyl (C=O) groups is 3. The molecule has 1 fully saturated rings. The fourth-order valence-corrected chi connectivity index (χ4v) is 3.33. The zero-order chi connectivity index (χ0) is 19.4. The maximum Gasteiger partial charge on any atom is 0.269 e. The molecule has 9 heteroatoms. The topological polar surface area (TPSA) is 101 Å². The highest BCUT2D eigenvalue weighted by Crippen LogP contribution is 2.25. The average Bonchev–Trinajstić information content (AvgIpc) is 3.30.